The highest BCUT2D eigenvalue weighted by molar-refractivity contribution is 5.94. The van der Waals surface area contributed by atoms with Crippen molar-refractivity contribution in [3.63, 3.8) is 0 Å². The van der Waals surface area contributed by atoms with Crippen molar-refractivity contribution >= 4 is 18.0 Å². The SMILES string of the molecule is CC(NC(=O)c1ccccc1)c1cccc(/C=C/C(=O)O)c1. The third-order valence-electron chi connectivity index (χ3n) is 3.21. The van der Waals surface area contributed by atoms with Crippen LogP contribution >= 0.6 is 0 Å². The zero-order valence-corrected chi connectivity index (χ0v) is 12.2. The molecule has 0 aliphatic heterocycles. The first-order valence-corrected chi connectivity index (χ1v) is 6.93. The average molecular weight is 295 g/mol. The van der Waals surface area contributed by atoms with Gasteiger partial charge < -0.3 is 10.4 Å². The summed E-state index contributed by atoms with van der Waals surface area (Å²) in [4.78, 5) is 22.7. The Kier molecular flexibility index (Phi) is 5.09. The Morgan fingerprint density at radius 1 is 1.09 bits per heavy atom. The van der Waals surface area contributed by atoms with Crippen LogP contribution in [0.4, 0.5) is 0 Å². The summed E-state index contributed by atoms with van der Waals surface area (Å²) in [5.41, 5.74) is 2.30. The fraction of sp³-hybridized carbons (Fsp3) is 0.111. The molecule has 1 atom stereocenters. The van der Waals surface area contributed by atoms with Gasteiger partial charge in [0.1, 0.15) is 0 Å². The van der Waals surface area contributed by atoms with Crippen LogP contribution in [-0.4, -0.2) is 17.0 Å². The Hall–Kier alpha value is -2.88. The Bertz CT molecular complexity index is 692. The second-order valence-electron chi connectivity index (χ2n) is 4.90. The van der Waals surface area contributed by atoms with Gasteiger partial charge in [0.15, 0.2) is 0 Å². The molecule has 1 unspecified atom stereocenters. The highest BCUT2D eigenvalue weighted by Gasteiger charge is 2.11. The minimum atomic E-state index is -0.990. The lowest BCUT2D eigenvalue weighted by Gasteiger charge is -2.15. The first-order chi connectivity index (χ1) is 10.6. The Morgan fingerprint density at radius 2 is 1.82 bits per heavy atom. The van der Waals surface area contributed by atoms with Gasteiger partial charge >= 0.3 is 5.97 Å². The largest absolute Gasteiger partial charge is 0.478 e. The quantitative estimate of drug-likeness (QED) is 0.832. The number of carboxylic acids is 1. The molecule has 0 aliphatic rings. The summed E-state index contributed by atoms with van der Waals surface area (Å²) in [6.45, 7) is 1.89. The molecule has 0 bridgehead atoms. The van der Waals surface area contributed by atoms with E-state index in [1.807, 2.05) is 49.4 Å². The van der Waals surface area contributed by atoms with E-state index < -0.39 is 5.97 Å². The molecule has 2 aromatic rings. The first-order valence-electron chi connectivity index (χ1n) is 6.93. The molecule has 0 saturated carbocycles. The van der Waals surface area contributed by atoms with Gasteiger partial charge in [-0.05, 0) is 42.3 Å². The Morgan fingerprint density at radius 3 is 2.50 bits per heavy atom. The van der Waals surface area contributed by atoms with Gasteiger partial charge in [0, 0.05) is 11.6 Å². The molecule has 2 N–H and O–H groups in total. The smallest absolute Gasteiger partial charge is 0.328 e. The standard InChI is InChI=1S/C18H17NO3/c1-13(19-18(22)15-7-3-2-4-8-15)16-9-5-6-14(12-16)10-11-17(20)21/h2-13H,1H3,(H,19,22)(H,20,21)/b11-10+. The van der Waals surface area contributed by atoms with Crippen molar-refractivity contribution in [3.8, 4) is 0 Å². The monoisotopic (exact) mass is 295 g/mol. The maximum Gasteiger partial charge on any atom is 0.328 e. The number of rotatable bonds is 5. The molecule has 0 aromatic heterocycles. The molecular weight excluding hydrogens is 278 g/mol. The molecule has 112 valence electrons. The Balaban J connectivity index is 2.09. The van der Waals surface area contributed by atoms with E-state index in [1.54, 1.807) is 12.1 Å². The van der Waals surface area contributed by atoms with Crippen molar-refractivity contribution in [1.29, 1.82) is 0 Å². The second kappa shape index (κ2) is 7.22. The molecule has 4 heteroatoms. The number of amides is 1. The van der Waals surface area contributed by atoms with Crippen LogP contribution in [0.5, 0.6) is 0 Å². The summed E-state index contributed by atoms with van der Waals surface area (Å²) in [6.07, 6.45) is 2.61. The lowest BCUT2D eigenvalue weighted by atomic mass is 10.0. The van der Waals surface area contributed by atoms with Crippen LogP contribution in [0, 0.1) is 0 Å². The second-order valence-corrected chi connectivity index (χ2v) is 4.90. The Labute approximate surface area is 129 Å². The molecule has 0 spiro atoms. The van der Waals surface area contributed by atoms with Gasteiger partial charge in [0.2, 0.25) is 0 Å². The predicted molar refractivity (Wildman–Crippen MR) is 85.4 cm³/mol. The maximum atomic E-state index is 12.1. The summed E-state index contributed by atoms with van der Waals surface area (Å²) in [5.74, 6) is -1.13. The average Bonchev–Trinajstić information content (AvgIpc) is 2.54. The summed E-state index contributed by atoms with van der Waals surface area (Å²) in [6, 6.07) is 16.2. The number of carbonyl (C=O) groups excluding carboxylic acids is 1. The van der Waals surface area contributed by atoms with E-state index in [4.69, 9.17) is 5.11 Å². The fourth-order valence-corrected chi connectivity index (χ4v) is 2.05. The molecule has 0 heterocycles. The van der Waals surface area contributed by atoms with Crippen molar-refractivity contribution in [2.45, 2.75) is 13.0 Å². The molecule has 0 radical (unpaired) electrons. The third-order valence-corrected chi connectivity index (χ3v) is 3.21. The van der Waals surface area contributed by atoms with Crippen LogP contribution in [0.1, 0.15) is 34.5 Å². The van der Waals surface area contributed by atoms with Crippen molar-refractivity contribution in [1.82, 2.24) is 5.32 Å². The summed E-state index contributed by atoms with van der Waals surface area (Å²) in [5, 5.41) is 11.6. The number of benzene rings is 2. The van der Waals surface area contributed by atoms with Gasteiger partial charge in [-0.15, -0.1) is 0 Å². The lowest BCUT2D eigenvalue weighted by molar-refractivity contribution is -0.131. The number of hydrogen-bond donors (Lipinski definition) is 2. The molecule has 0 saturated heterocycles. The van der Waals surface area contributed by atoms with Gasteiger partial charge in [-0.2, -0.15) is 0 Å². The third kappa shape index (κ3) is 4.31. The summed E-state index contributed by atoms with van der Waals surface area (Å²) in [7, 11) is 0. The van der Waals surface area contributed by atoms with Crippen LogP contribution in [0.25, 0.3) is 6.08 Å². The summed E-state index contributed by atoms with van der Waals surface area (Å²) >= 11 is 0. The van der Waals surface area contributed by atoms with Crippen molar-refractivity contribution in [2.75, 3.05) is 0 Å². The minimum absolute atomic E-state index is 0.139. The topological polar surface area (TPSA) is 66.4 Å². The van der Waals surface area contributed by atoms with Crippen molar-refractivity contribution in [3.05, 3.63) is 77.4 Å². The molecule has 0 aliphatic carbocycles. The van der Waals surface area contributed by atoms with E-state index in [0.29, 0.717) is 5.56 Å². The number of hydrogen-bond acceptors (Lipinski definition) is 2. The molecule has 1 amide bonds. The van der Waals surface area contributed by atoms with Gasteiger partial charge in [-0.1, -0.05) is 36.4 Å². The number of carboxylic acid groups (broad SMARTS) is 1. The molecule has 2 aromatic carbocycles. The predicted octanol–water partition coefficient (Wildman–Crippen LogP) is 3.28. The van der Waals surface area contributed by atoms with Gasteiger partial charge in [0.25, 0.3) is 5.91 Å². The van der Waals surface area contributed by atoms with Crippen LogP contribution in [-0.2, 0) is 4.79 Å². The summed E-state index contributed by atoms with van der Waals surface area (Å²) < 4.78 is 0. The van der Waals surface area contributed by atoms with E-state index in [-0.39, 0.29) is 11.9 Å². The zero-order chi connectivity index (χ0) is 15.9. The van der Waals surface area contributed by atoms with E-state index in [2.05, 4.69) is 5.32 Å². The van der Waals surface area contributed by atoms with Gasteiger partial charge in [-0.25, -0.2) is 4.79 Å². The van der Waals surface area contributed by atoms with Crippen LogP contribution in [0.2, 0.25) is 0 Å². The lowest BCUT2D eigenvalue weighted by Crippen LogP contribution is -2.26. The highest BCUT2D eigenvalue weighted by atomic mass is 16.4. The van der Waals surface area contributed by atoms with Crippen LogP contribution in [0.3, 0.4) is 0 Å². The number of nitrogens with one attached hydrogen (secondary N) is 1. The fourth-order valence-electron chi connectivity index (χ4n) is 2.05. The zero-order valence-electron chi connectivity index (χ0n) is 12.2. The number of aliphatic carboxylic acids is 1. The van der Waals surface area contributed by atoms with Crippen molar-refractivity contribution in [2.24, 2.45) is 0 Å². The van der Waals surface area contributed by atoms with E-state index in [0.717, 1.165) is 17.2 Å². The molecule has 4 nitrogen and oxygen atoms in total. The van der Waals surface area contributed by atoms with Crippen LogP contribution < -0.4 is 5.32 Å². The maximum absolute atomic E-state index is 12.1. The van der Waals surface area contributed by atoms with Crippen molar-refractivity contribution < 1.29 is 14.7 Å². The first kappa shape index (κ1) is 15.5. The van der Waals surface area contributed by atoms with E-state index >= 15 is 0 Å². The van der Waals surface area contributed by atoms with E-state index in [9.17, 15) is 9.59 Å². The molecule has 2 rings (SSSR count). The van der Waals surface area contributed by atoms with Gasteiger partial charge in [-0.3, -0.25) is 4.79 Å². The highest BCUT2D eigenvalue weighted by Crippen LogP contribution is 2.16. The molecule has 22 heavy (non-hydrogen) atoms. The minimum Gasteiger partial charge on any atom is -0.478 e. The number of carbonyl (C=O) groups is 2. The van der Waals surface area contributed by atoms with Gasteiger partial charge in [0.05, 0.1) is 6.04 Å². The van der Waals surface area contributed by atoms with E-state index in [1.165, 1.54) is 6.08 Å². The molecule has 0 fully saturated rings. The normalized spacial score (nSPS) is 12.0. The van der Waals surface area contributed by atoms with Crippen LogP contribution in [0.15, 0.2) is 60.7 Å². The molecular formula is C18H17NO3.